The SMILES string of the molecule is c1ccc2c(c1)-c1ccccc1C21c2ccc(OCC3CO3)cc2Oc2cc(OCC3CO3)ccc21. The Morgan fingerprint density at radius 1 is 0.611 bits per heavy atom. The van der Waals surface area contributed by atoms with E-state index < -0.39 is 5.41 Å². The molecule has 36 heavy (non-hydrogen) atoms. The lowest BCUT2D eigenvalue weighted by atomic mass is 9.66. The molecule has 3 aliphatic heterocycles. The van der Waals surface area contributed by atoms with Gasteiger partial charge in [-0.3, -0.25) is 0 Å². The summed E-state index contributed by atoms with van der Waals surface area (Å²) in [5, 5.41) is 0. The van der Waals surface area contributed by atoms with Gasteiger partial charge in [-0.2, -0.15) is 0 Å². The normalized spacial score (nSPS) is 21.0. The van der Waals surface area contributed by atoms with Crippen molar-refractivity contribution in [3.8, 4) is 34.1 Å². The monoisotopic (exact) mass is 476 g/mol. The van der Waals surface area contributed by atoms with Gasteiger partial charge in [0.05, 0.1) is 18.6 Å². The molecule has 3 heterocycles. The van der Waals surface area contributed by atoms with Crippen molar-refractivity contribution < 1.29 is 23.7 Å². The molecule has 0 aromatic heterocycles. The highest BCUT2D eigenvalue weighted by Crippen LogP contribution is 2.62. The minimum absolute atomic E-state index is 0.192. The van der Waals surface area contributed by atoms with Gasteiger partial charge in [-0.05, 0) is 34.4 Å². The summed E-state index contributed by atoms with van der Waals surface area (Å²) in [6, 6.07) is 29.9. The molecule has 5 heteroatoms. The predicted molar refractivity (Wildman–Crippen MR) is 134 cm³/mol. The third-order valence-electron chi connectivity index (χ3n) is 7.56. The van der Waals surface area contributed by atoms with Crippen LogP contribution in [0.2, 0.25) is 0 Å². The molecule has 4 aliphatic rings. The molecule has 2 fully saturated rings. The van der Waals surface area contributed by atoms with E-state index in [1.54, 1.807) is 0 Å². The van der Waals surface area contributed by atoms with Crippen LogP contribution in [0.25, 0.3) is 11.1 Å². The van der Waals surface area contributed by atoms with Gasteiger partial charge < -0.3 is 23.7 Å². The third-order valence-corrected chi connectivity index (χ3v) is 7.56. The summed E-state index contributed by atoms with van der Waals surface area (Å²) in [4.78, 5) is 0. The second-order valence-electron chi connectivity index (χ2n) is 9.79. The maximum atomic E-state index is 6.60. The van der Waals surface area contributed by atoms with Crippen molar-refractivity contribution in [1.29, 1.82) is 0 Å². The zero-order chi connectivity index (χ0) is 23.7. The maximum absolute atomic E-state index is 6.60. The summed E-state index contributed by atoms with van der Waals surface area (Å²) < 4.78 is 29.3. The Labute approximate surface area is 209 Å². The second kappa shape index (κ2) is 7.60. The quantitative estimate of drug-likeness (QED) is 0.288. The van der Waals surface area contributed by atoms with Gasteiger partial charge in [0.25, 0.3) is 0 Å². The molecule has 4 aromatic rings. The van der Waals surface area contributed by atoms with Crippen molar-refractivity contribution in [2.75, 3.05) is 26.4 Å². The van der Waals surface area contributed by atoms with Crippen LogP contribution < -0.4 is 14.2 Å². The van der Waals surface area contributed by atoms with Crippen LogP contribution in [0.1, 0.15) is 22.3 Å². The number of hydrogen-bond donors (Lipinski definition) is 0. The van der Waals surface area contributed by atoms with E-state index in [0.29, 0.717) is 13.2 Å². The molecular weight excluding hydrogens is 452 g/mol. The molecule has 5 nitrogen and oxygen atoms in total. The average molecular weight is 477 g/mol. The topological polar surface area (TPSA) is 52.8 Å². The Balaban J connectivity index is 1.34. The number of hydrogen-bond acceptors (Lipinski definition) is 5. The average Bonchev–Trinajstić information content (AvgIpc) is 3.85. The summed E-state index contributed by atoms with van der Waals surface area (Å²) in [6.45, 7) is 2.63. The number of epoxide rings is 2. The molecule has 4 aromatic carbocycles. The minimum Gasteiger partial charge on any atom is -0.491 e. The van der Waals surface area contributed by atoms with E-state index in [4.69, 9.17) is 23.7 Å². The molecule has 8 rings (SSSR count). The first kappa shape index (κ1) is 20.4. The van der Waals surface area contributed by atoms with Gasteiger partial charge in [-0.15, -0.1) is 0 Å². The Bertz CT molecular complexity index is 1390. The van der Waals surface area contributed by atoms with Crippen LogP contribution in [-0.4, -0.2) is 38.6 Å². The number of ether oxygens (including phenoxy) is 5. The van der Waals surface area contributed by atoms with E-state index in [9.17, 15) is 0 Å². The van der Waals surface area contributed by atoms with Crippen LogP contribution in [0.5, 0.6) is 23.0 Å². The van der Waals surface area contributed by atoms with Gasteiger partial charge >= 0.3 is 0 Å². The lowest BCUT2D eigenvalue weighted by molar-refractivity contribution is 0.260. The lowest BCUT2D eigenvalue weighted by Crippen LogP contribution is -2.32. The Kier molecular flexibility index (Phi) is 4.30. The fourth-order valence-corrected chi connectivity index (χ4v) is 5.76. The van der Waals surface area contributed by atoms with Crippen LogP contribution in [0.3, 0.4) is 0 Å². The van der Waals surface area contributed by atoms with E-state index in [1.165, 1.54) is 22.3 Å². The van der Waals surface area contributed by atoms with Gasteiger partial charge in [0.15, 0.2) is 0 Å². The van der Waals surface area contributed by atoms with Gasteiger partial charge in [0.2, 0.25) is 0 Å². The first-order valence-corrected chi connectivity index (χ1v) is 12.5. The summed E-state index contributed by atoms with van der Waals surface area (Å²) in [5.41, 5.74) is 6.76. The van der Waals surface area contributed by atoms with Gasteiger partial charge in [-0.1, -0.05) is 60.7 Å². The lowest BCUT2D eigenvalue weighted by Gasteiger charge is -2.39. The molecule has 0 N–H and O–H groups in total. The third kappa shape index (κ3) is 3.03. The van der Waals surface area contributed by atoms with Gasteiger partial charge in [0, 0.05) is 23.3 Å². The molecule has 1 spiro atoms. The smallest absolute Gasteiger partial charge is 0.135 e. The van der Waals surface area contributed by atoms with Crippen molar-refractivity contribution in [3.05, 3.63) is 107 Å². The molecule has 0 radical (unpaired) electrons. The molecular formula is C31H24O5. The largest absolute Gasteiger partial charge is 0.491 e. The highest BCUT2D eigenvalue weighted by Gasteiger charge is 2.51. The standard InChI is InChI=1S/C31H24O5/c1-3-7-25-23(5-1)24-6-2-4-8-26(24)31(25)27-11-9-19(32-15-21-17-34-21)13-29(27)36-30-14-20(10-12-28(30)31)33-16-22-18-35-22/h1-14,21-22H,15-18H2. The van der Waals surface area contributed by atoms with Crippen LogP contribution in [0.15, 0.2) is 84.9 Å². The fourth-order valence-electron chi connectivity index (χ4n) is 5.76. The van der Waals surface area contributed by atoms with Crippen molar-refractivity contribution in [2.24, 2.45) is 0 Å². The Morgan fingerprint density at radius 2 is 1.08 bits per heavy atom. The zero-order valence-electron chi connectivity index (χ0n) is 19.6. The van der Waals surface area contributed by atoms with Crippen molar-refractivity contribution in [3.63, 3.8) is 0 Å². The summed E-state index contributed by atoms with van der Waals surface area (Å²) >= 11 is 0. The highest BCUT2D eigenvalue weighted by molar-refractivity contribution is 5.88. The Hall–Kier alpha value is -3.80. The summed E-state index contributed by atoms with van der Waals surface area (Å²) in [6.07, 6.45) is 0.385. The fraction of sp³-hybridized carbons (Fsp3) is 0.226. The number of fused-ring (bicyclic) bond motifs is 9. The van der Waals surface area contributed by atoms with Crippen LogP contribution >= 0.6 is 0 Å². The first-order chi connectivity index (χ1) is 17.8. The zero-order valence-corrected chi connectivity index (χ0v) is 19.6. The van der Waals surface area contributed by atoms with Gasteiger partial charge in [0.1, 0.15) is 48.4 Å². The maximum Gasteiger partial charge on any atom is 0.135 e. The molecule has 2 atom stereocenters. The van der Waals surface area contributed by atoms with Crippen molar-refractivity contribution >= 4 is 0 Å². The second-order valence-corrected chi connectivity index (χ2v) is 9.79. The van der Waals surface area contributed by atoms with Gasteiger partial charge in [-0.25, -0.2) is 0 Å². The van der Waals surface area contributed by atoms with E-state index in [1.807, 2.05) is 24.3 Å². The van der Waals surface area contributed by atoms with E-state index in [-0.39, 0.29) is 12.2 Å². The molecule has 0 amide bonds. The molecule has 178 valence electrons. The highest BCUT2D eigenvalue weighted by atomic mass is 16.6. The number of benzene rings is 4. The minimum atomic E-state index is -0.494. The van der Waals surface area contributed by atoms with Crippen molar-refractivity contribution in [2.45, 2.75) is 17.6 Å². The van der Waals surface area contributed by atoms with Crippen molar-refractivity contribution in [1.82, 2.24) is 0 Å². The van der Waals surface area contributed by atoms with E-state index in [2.05, 4.69) is 60.7 Å². The molecule has 2 unspecified atom stereocenters. The van der Waals surface area contributed by atoms with Crippen LogP contribution in [0.4, 0.5) is 0 Å². The van der Waals surface area contributed by atoms with Crippen LogP contribution in [0, 0.1) is 0 Å². The first-order valence-electron chi connectivity index (χ1n) is 12.5. The Morgan fingerprint density at radius 3 is 1.56 bits per heavy atom. The van der Waals surface area contributed by atoms with Crippen LogP contribution in [-0.2, 0) is 14.9 Å². The number of rotatable bonds is 6. The van der Waals surface area contributed by atoms with E-state index >= 15 is 0 Å². The molecule has 1 aliphatic carbocycles. The molecule has 0 saturated carbocycles. The predicted octanol–water partition coefficient (Wildman–Crippen LogP) is 5.71. The molecule has 2 saturated heterocycles. The summed E-state index contributed by atoms with van der Waals surface area (Å²) in [5.74, 6) is 3.15. The summed E-state index contributed by atoms with van der Waals surface area (Å²) in [7, 11) is 0. The van der Waals surface area contributed by atoms with E-state index in [0.717, 1.165) is 47.3 Å². The molecule has 0 bridgehead atoms.